The van der Waals surface area contributed by atoms with Gasteiger partial charge in [0.25, 0.3) is 5.91 Å². The van der Waals surface area contributed by atoms with Crippen LogP contribution in [0.4, 0.5) is 5.82 Å². The summed E-state index contributed by atoms with van der Waals surface area (Å²) in [6, 6.07) is 0. The number of aromatic nitrogens is 2. The lowest BCUT2D eigenvalue weighted by Crippen LogP contribution is -2.46. The molecule has 1 aliphatic rings. The highest BCUT2D eigenvalue weighted by Crippen LogP contribution is 2.15. The van der Waals surface area contributed by atoms with Gasteiger partial charge in [0.2, 0.25) is 0 Å². The summed E-state index contributed by atoms with van der Waals surface area (Å²) in [6.07, 6.45) is 0. The van der Waals surface area contributed by atoms with Crippen LogP contribution in [0.1, 0.15) is 9.67 Å². The molecule has 0 spiro atoms. The number of piperazine rings is 1. The van der Waals surface area contributed by atoms with Gasteiger partial charge in [-0.2, -0.15) is 0 Å². The smallest absolute Gasteiger partial charge is 0.269 e. The van der Waals surface area contributed by atoms with Crippen LogP contribution >= 0.6 is 11.5 Å². The van der Waals surface area contributed by atoms with Gasteiger partial charge >= 0.3 is 0 Å². The van der Waals surface area contributed by atoms with Crippen LogP contribution in [0, 0.1) is 0 Å². The van der Waals surface area contributed by atoms with E-state index in [4.69, 9.17) is 5.73 Å². The largest absolute Gasteiger partial charge is 0.381 e. The number of carbonyl (C=O) groups is 1. The molecule has 0 aromatic carbocycles. The number of amides is 1. The van der Waals surface area contributed by atoms with E-state index in [1.54, 1.807) is 4.90 Å². The molecule has 1 aromatic heterocycles. The van der Waals surface area contributed by atoms with E-state index in [2.05, 4.69) is 14.9 Å². The van der Waals surface area contributed by atoms with E-state index in [0.717, 1.165) is 37.7 Å². The minimum absolute atomic E-state index is 0.0565. The summed E-state index contributed by atoms with van der Waals surface area (Å²) in [5, 5.41) is 6.79. The molecule has 1 fully saturated rings. The van der Waals surface area contributed by atoms with Crippen molar-refractivity contribution in [1.29, 1.82) is 0 Å². The Bertz CT molecular complexity index is 333. The molecule has 6 nitrogen and oxygen atoms in total. The van der Waals surface area contributed by atoms with Gasteiger partial charge in [-0.15, -0.1) is 5.10 Å². The quantitative estimate of drug-likeness (QED) is 0.636. The summed E-state index contributed by atoms with van der Waals surface area (Å²) in [4.78, 5) is 14.0. The third kappa shape index (κ3) is 1.68. The van der Waals surface area contributed by atoms with Gasteiger partial charge in [0.15, 0.2) is 10.7 Å². The summed E-state index contributed by atoms with van der Waals surface area (Å²) < 4.78 is 3.64. The number of hydrogen-bond donors (Lipinski definition) is 2. The number of anilines is 1. The van der Waals surface area contributed by atoms with Crippen molar-refractivity contribution in [3.63, 3.8) is 0 Å². The summed E-state index contributed by atoms with van der Waals surface area (Å²) in [5.74, 6) is 0.178. The molecule has 7 heteroatoms. The van der Waals surface area contributed by atoms with E-state index in [1.807, 2.05) is 0 Å². The van der Waals surface area contributed by atoms with Crippen molar-refractivity contribution in [3.8, 4) is 0 Å². The lowest BCUT2D eigenvalue weighted by atomic mass is 10.3. The summed E-state index contributed by atoms with van der Waals surface area (Å²) in [7, 11) is 0. The Morgan fingerprint density at radius 3 is 2.79 bits per heavy atom. The van der Waals surface area contributed by atoms with Crippen molar-refractivity contribution >= 4 is 23.3 Å². The van der Waals surface area contributed by atoms with Crippen LogP contribution in [-0.4, -0.2) is 46.6 Å². The van der Waals surface area contributed by atoms with Crippen LogP contribution in [0.15, 0.2) is 0 Å². The average Bonchev–Trinajstić information content (AvgIpc) is 2.65. The summed E-state index contributed by atoms with van der Waals surface area (Å²) in [5.41, 5.74) is 5.52. The Morgan fingerprint density at radius 1 is 1.50 bits per heavy atom. The van der Waals surface area contributed by atoms with E-state index in [1.165, 1.54) is 0 Å². The van der Waals surface area contributed by atoms with E-state index in [9.17, 15) is 4.79 Å². The second-order valence-electron chi connectivity index (χ2n) is 3.03. The zero-order valence-corrected chi connectivity index (χ0v) is 8.38. The van der Waals surface area contributed by atoms with Crippen LogP contribution in [0.3, 0.4) is 0 Å². The van der Waals surface area contributed by atoms with Crippen molar-refractivity contribution in [3.05, 3.63) is 4.88 Å². The third-order valence-corrected chi connectivity index (χ3v) is 2.84. The molecule has 76 valence electrons. The summed E-state index contributed by atoms with van der Waals surface area (Å²) in [6.45, 7) is 3.10. The molecule has 14 heavy (non-hydrogen) atoms. The second kappa shape index (κ2) is 3.89. The zero-order valence-electron chi connectivity index (χ0n) is 7.56. The SMILES string of the molecule is Nc1nnsc1C(=O)N1CCNCC1. The molecule has 0 saturated carbocycles. The number of nitrogens with zero attached hydrogens (tertiary/aromatic N) is 3. The van der Waals surface area contributed by atoms with Crippen LogP contribution in [0.2, 0.25) is 0 Å². The van der Waals surface area contributed by atoms with Gasteiger partial charge in [-0.05, 0) is 11.5 Å². The van der Waals surface area contributed by atoms with Crippen molar-refractivity contribution < 1.29 is 4.79 Å². The minimum Gasteiger partial charge on any atom is -0.381 e. The van der Waals surface area contributed by atoms with E-state index < -0.39 is 0 Å². The van der Waals surface area contributed by atoms with E-state index in [-0.39, 0.29) is 11.7 Å². The maximum atomic E-state index is 11.8. The highest BCUT2D eigenvalue weighted by atomic mass is 32.1. The van der Waals surface area contributed by atoms with Crippen LogP contribution < -0.4 is 11.1 Å². The number of nitrogens with one attached hydrogen (secondary N) is 1. The van der Waals surface area contributed by atoms with Crippen molar-refractivity contribution in [2.75, 3.05) is 31.9 Å². The first-order chi connectivity index (χ1) is 6.79. The molecule has 2 rings (SSSR count). The molecular formula is C7H11N5OS. The Balaban J connectivity index is 2.11. The topological polar surface area (TPSA) is 84.1 Å². The molecule has 0 radical (unpaired) electrons. The second-order valence-corrected chi connectivity index (χ2v) is 3.78. The van der Waals surface area contributed by atoms with Crippen LogP contribution in [0.25, 0.3) is 0 Å². The lowest BCUT2D eigenvalue weighted by Gasteiger charge is -2.26. The number of rotatable bonds is 1. The third-order valence-electron chi connectivity index (χ3n) is 2.11. The standard InChI is InChI=1S/C7H11N5OS/c8-6-5(14-11-10-6)7(13)12-3-1-9-2-4-12/h9H,1-4,8H2. The molecular weight excluding hydrogens is 202 g/mol. The lowest BCUT2D eigenvalue weighted by molar-refractivity contribution is 0.0741. The van der Waals surface area contributed by atoms with Crippen molar-refractivity contribution in [1.82, 2.24) is 19.8 Å². The average molecular weight is 213 g/mol. The number of nitrogens with two attached hydrogens (primary N) is 1. The van der Waals surface area contributed by atoms with Gasteiger partial charge in [0.05, 0.1) is 0 Å². The number of nitrogen functional groups attached to an aromatic ring is 1. The first kappa shape index (κ1) is 9.35. The van der Waals surface area contributed by atoms with Gasteiger partial charge in [0, 0.05) is 26.2 Å². The van der Waals surface area contributed by atoms with Gasteiger partial charge in [0.1, 0.15) is 0 Å². The first-order valence-corrected chi connectivity index (χ1v) is 5.14. The fourth-order valence-electron chi connectivity index (χ4n) is 1.36. The molecule has 1 aromatic rings. The van der Waals surface area contributed by atoms with E-state index >= 15 is 0 Å². The molecule has 0 unspecified atom stereocenters. The molecule has 0 atom stereocenters. The molecule has 1 amide bonds. The molecule has 3 N–H and O–H groups in total. The fraction of sp³-hybridized carbons (Fsp3) is 0.571. The van der Waals surface area contributed by atoms with Gasteiger partial charge in [-0.25, -0.2) is 0 Å². The van der Waals surface area contributed by atoms with Crippen LogP contribution in [0.5, 0.6) is 0 Å². The number of hydrogen-bond acceptors (Lipinski definition) is 6. The molecule has 1 saturated heterocycles. The Kier molecular flexibility index (Phi) is 2.60. The predicted octanol–water partition coefficient (Wildman–Crippen LogP) is -0.834. The van der Waals surface area contributed by atoms with Crippen molar-refractivity contribution in [2.24, 2.45) is 0 Å². The molecule has 0 bridgehead atoms. The Labute approximate surface area is 85.3 Å². The molecule has 1 aliphatic heterocycles. The predicted molar refractivity (Wildman–Crippen MR) is 53.1 cm³/mol. The summed E-state index contributed by atoms with van der Waals surface area (Å²) >= 11 is 1.05. The molecule has 0 aliphatic carbocycles. The van der Waals surface area contributed by atoms with E-state index in [0.29, 0.717) is 4.88 Å². The minimum atomic E-state index is -0.0565. The highest BCUT2D eigenvalue weighted by molar-refractivity contribution is 7.08. The normalized spacial score (nSPS) is 17.0. The first-order valence-electron chi connectivity index (χ1n) is 4.37. The maximum absolute atomic E-state index is 11.8. The fourth-order valence-corrected chi connectivity index (χ4v) is 1.91. The van der Waals surface area contributed by atoms with Gasteiger partial charge in [-0.3, -0.25) is 4.79 Å². The van der Waals surface area contributed by atoms with Crippen LogP contribution in [-0.2, 0) is 0 Å². The van der Waals surface area contributed by atoms with Crippen molar-refractivity contribution in [2.45, 2.75) is 0 Å². The zero-order chi connectivity index (χ0) is 9.97. The Morgan fingerprint density at radius 2 is 2.21 bits per heavy atom. The van der Waals surface area contributed by atoms with Gasteiger partial charge < -0.3 is 16.0 Å². The monoisotopic (exact) mass is 213 g/mol. The number of carbonyl (C=O) groups excluding carboxylic acids is 1. The maximum Gasteiger partial charge on any atom is 0.269 e. The molecule has 2 heterocycles. The van der Waals surface area contributed by atoms with Gasteiger partial charge in [-0.1, -0.05) is 4.49 Å². The highest BCUT2D eigenvalue weighted by Gasteiger charge is 2.22. The Hall–Kier alpha value is -1.21.